The molecule has 2 N–H and O–H groups in total. The summed E-state index contributed by atoms with van der Waals surface area (Å²) < 4.78 is 1.28. The molecule has 0 unspecified atom stereocenters. The second-order valence-corrected chi connectivity index (χ2v) is 6.86. The summed E-state index contributed by atoms with van der Waals surface area (Å²) in [5.74, 6) is -0.288. The zero-order chi connectivity index (χ0) is 17.1. The van der Waals surface area contributed by atoms with Gasteiger partial charge >= 0.3 is 5.69 Å². The number of nitrogens with zero attached hydrogens (tertiary/aromatic N) is 3. The molecule has 0 aliphatic rings. The molecule has 0 aliphatic carbocycles. The first-order chi connectivity index (χ1) is 9.95. The molecule has 0 aliphatic heterocycles. The van der Waals surface area contributed by atoms with E-state index in [1.807, 2.05) is 13.8 Å². The highest BCUT2D eigenvalue weighted by Crippen LogP contribution is 2.23. The molecule has 0 saturated heterocycles. The van der Waals surface area contributed by atoms with Crippen molar-refractivity contribution < 1.29 is 14.8 Å². The third kappa shape index (κ3) is 4.52. The van der Waals surface area contributed by atoms with E-state index in [-0.39, 0.29) is 17.0 Å². The average molecular weight is 312 g/mol. The van der Waals surface area contributed by atoms with E-state index in [1.54, 1.807) is 20.8 Å². The molecular weight excluding hydrogens is 288 g/mol. The largest absolute Gasteiger partial charge is 0.393 e. The summed E-state index contributed by atoms with van der Waals surface area (Å²) in [4.78, 5) is 22.5. The number of aliphatic hydroxyl groups excluding tert-OH is 1. The van der Waals surface area contributed by atoms with Gasteiger partial charge in [-0.25, -0.2) is 0 Å². The van der Waals surface area contributed by atoms with Crippen molar-refractivity contribution >= 4 is 11.6 Å². The summed E-state index contributed by atoms with van der Waals surface area (Å²) in [6, 6.07) is 0. The van der Waals surface area contributed by atoms with Crippen molar-refractivity contribution in [2.45, 2.75) is 52.7 Å². The summed E-state index contributed by atoms with van der Waals surface area (Å²) >= 11 is 0. The van der Waals surface area contributed by atoms with Crippen LogP contribution in [0.4, 0.5) is 5.69 Å². The Morgan fingerprint density at radius 1 is 1.50 bits per heavy atom. The van der Waals surface area contributed by atoms with Gasteiger partial charge in [-0.1, -0.05) is 13.8 Å². The third-order valence-corrected chi connectivity index (χ3v) is 3.48. The van der Waals surface area contributed by atoms with Crippen LogP contribution in [0.2, 0.25) is 0 Å². The molecule has 0 spiro atoms. The van der Waals surface area contributed by atoms with Crippen LogP contribution in [0.25, 0.3) is 0 Å². The van der Waals surface area contributed by atoms with Crippen LogP contribution in [0, 0.1) is 15.5 Å². The van der Waals surface area contributed by atoms with Gasteiger partial charge in [0.1, 0.15) is 17.9 Å². The van der Waals surface area contributed by atoms with E-state index in [0.717, 1.165) is 6.20 Å². The Bertz CT molecular complexity index is 549. The summed E-state index contributed by atoms with van der Waals surface area (Å²) in [6.45, 7) is 9.28. The van der Waals surface area contributed by atoms with Crippen LogP contribution in [-0.2, 0) is 10.3 Å². The Balaban J connectivity index is 2.76. The lowest BCUT2D eigenvalue weighted by molar-refractivity contribution is -0.385. The average Bonchev–Trinajstić information content (AvgIpc) is 2.84. The SMILES string of the molecule is C[C@H](O)CC(C)(C)CNC(=O)C(C)(C)n1cc([N+](=O)[O-])cn1. The topological polar surface area (TPSA) is 110 Å². The summed E-state index contributed by atoms with van der Waals surface area (Å²) in [5.41, 5.74) is -1.46. The second kappa shape index (κ2) is 6.43. The molecule has 1 atom stereocenters. The van der Waals surface area contributed by atoms with Crippen LogP contribution in [0.15, 0.2) is 12.4 Å². The van der Waals surface area contributed by atoms with Gasteiger partial charge < -0.3 is 10.4 Å². The normalized spacial score (nSPS) is 13.7. The fourth-order valence-electron chi connectivity index (χ4n) is 2.23. The molecule has 1 aromatic rings. The van der Waals surface area contributed by atoms with Crippen LogP contribution < -0.4 is 5.32 Å². The predicted octanol–water partition coefficient (Wildman–Crippen LogP) is 1.44. The van der Waals surface area contributed by atoms with Crippen LogP contribution in [-0.4, -0.2) is 38.4 Å². The van der Waals surface area contributed by atoms with Gasteiger partial charge in [0.2, 0.25) is 5.91 Å². The minimum atomic E-state index is -1.05. The lowest BCUT2D eigenvalue weighted by Gasteiger charge is -2.30. The number of aromatic nitrogens is 2. The minimum Gasteiger partial charge on any atom is -0.393 e. The van der Waals surface area contributed by atoms with Gasteiger partial charge in [0, 0.05) is 6.54 Å². The first-order valence-electron chi connectivity index (χ1n) is 7.11. The van der Waals surface area contributed by atoms with Crippen molar-refractivity contribution in [1.82, 2.24) is 15.1 Å². The second-order valence-electron chi connectivity index (χ2n) is 6.86. The first-order valence-corrected chi connectivity index (χ1v) is 7.11. The van der Waals surface area contributed by atoms with E-state index in [1.165, 1.54) is 10.9 Å². The van der Waals surface area contributed by atoms with Crippen LogP contribution in [0.1, 0.15) is 41.0 Å². The van der Waals surface area contributed by atoms with Crippen LogP contribution in [0.5, 0.6) is 0 Å². The number of carbonyl (C=O) groups excluding carboxylic acids is 1. The van der Waals surface area contributed by atoms with E-state index in [9.17, 15) is 20.0 Å². The van der Waals surface area contributed by atoms with Gasteiger partial charge in [-0.15, -0.1) is 0 Å². The maximum Gasteiger partial charge on any atom is 0.307 e. The molecule has 0 saturated carbocycles. The van der Waals surface area contributed by atoms with E-state index in [2.05, 4.69) is 10.4 Å². The molecule has 0 radical (unpaired) electrons. The summed E-state index contributed by atoms with van der Waals surface area (Å²) in [7, 11) is 0. The molecule has 22 heavy (non-hydrogen) atoms. The van der Waals surface area contributed by atoms with Gasteiger partial charge in [-0.05, 0) is 32.6 Å². The quantitative estimate of drug-likeness (QED) is 0.584. The third-order valence-electron chi connectivity index (χ3n) is 3.48. The van der Waals surface area contributed by atoms with Gasteiger partial charge in [0.05, 0.1) is 11.0 Å². The summed E-state index contributed by atoms with van der Waals surface area (Å²) in [5, 5.41) is 26.9. The number of nitro groups is 1. The molecule has 8 heteroatoms. The molecule has 1 rings (SSSR count). The van der Waals surface area contributed by atoms with Crippen molar-refractivity contribution in [3.63, 3.8) is 0 Å². The minimum absolute atomic E-state index is 0.157. The standard InChI is InChI=1S/C14H24N4O4/c1-10(19)6-13(2,3)9-15-12(20)14(4,5)17-8-11(7-16-17)18(21)22/h7-8,10,19H,6,9H2,1-5H3,(H,15,20)/t10-/m0/s1. The Morgan fingerprint density at radius 2 is 2.09 bits per heavy atom. The van der Waals surface area contributed by atoms with E-state index >= 15 is 0 Å². The molecule has 1 aromatic heterocycles. The molecular formula is C14H24N4O4. The van der Waals surface area contributed by atoms with Gasteiger partial charge in [0.25, 0.3) is 0 Å². The Kier molecular flexibility index (Phi) is 5.29. The van der Waals surface area contributed by atoms with Gasteiger partial charge in [0.15, 0.2) is 0 Å². The molecule has 0 bridgehead atoms. The Hall–Kier alpha value is -1.96. The Labute approximate surface area is 129 Å². The molecule has 124 valence electrons. The fourth-order valence-corrected chi connectivity index (χ4v) is 2.23. The zero-order valence-corrected chi connectivity index (χ0v) is 13.7. The number of rotatable bonds is 7. The van der Waals surface area contributed by atoms with E-state index in [4.69, 9.17) is 0 Å². The lowest BCUT2D eigenvalue weighted by atomic mass is 9.86. The van der Waals surface area contributed by atoms with E-state index in [0.29, 0.717) is 13.0 Å². The highest BCUT2D eigenvalue weighted by Gasteiger charge is 2.33. The van der Waals surface area contributed by atoms with Gasteiger partial charge in [-0.3, -0.25) is 19.6 Å². The van der Waals surface area contributed by atoms with E-state index < -0.39 is 16.6 Å². The number of nitrogens with one attached hydrogen (secondary N) is 1. The number of carbonyl (C=O) groups is 1. The molecule has 1 heterocycles. The number of hydrogen-bond donors (Lipinski definition) is 2. The number of amides is 1. The number of hydrogen-bond acceptors (Lipinski definition) is 5. The van der Waals surface area contributed by atoms with Crippen molar-refractivity contribution in [2.75, 3.05) is 6.54 Å². The smallest absolute Gasteiger partial charge is 0.307 e. The molecule has 0 fully saturated rings. The zero-order valence-electron chi connectivity index (χ0n) is 13.7. The maximum absolute atomic E-state index is 12.4. The highest BCUT2D eigenvalue weighted by molar-refractivity contribution is 5.83. The van der Waals surface area contributed by atoms with Crippen LogP contribution in [0.3, 0.4) is 0 Å². The maximum atomic E-state index is 12.4. The highest BCUT2D eigenvalue weighted by atomic mass is 16.6. The van der Waals surface area contributed by atoms with Crippen molar-refractivity contribution in [3.05, 3.63) is 22.5 Å². The van der Waals surface area contributed by atoms with Crippen LogP contribution >= 0.6 is 0 Å². The first kappa shape index (κ1) is 18.1. The number of aliphatic hydroxyl groups is 1. The van der Waals surface area contributed by atoms with Crippen molar-refractivity contribution in [2.24, 2.45) is 5.41 Å². The van der Waals surface area contributed by atoms with Crippen molar-refractivity contribution in [1.29, 1.82) is 0 Å². The summed E-state index contributed by atoms with van der Waals surface area (Å²) in [6.07, 6.45) is 2.46. The van der Waals surface area contributed by atoms with Gasteiger partial charge in [-0.2, -0.15) is 5.10 Å². The molecule has 8 nitrogen and oxygen atoms in total. The van der Waals surface area contributed by atoms with Crippen molar-refractivity contribution in [3.8, 4) is 0 Å². The Morgan fingerprint density at radius 3 is 2.55 bits per heavy atom. The predicted molar refractivity (Wildman–Crippen MR) is 81.3 cm³/mol. The molecule has 0 aromatic carbocycles. The monoisotopic (exact) mass is 312 g/mol. The fraction of sp³-hybridized carbons (Fsp3) is 0.714. The lowest BCUT2D eigenvalue weighted by Crippen LogP contribution is -2.47. The molecule has 1 amide bonds.